The molecule has 0 amide bonds. The summed E-state index contributed by atoms with van der Waals surface area (Å²) >= 11 is 3.47. The van der Waals surface area contributed by atoms with Gasteiger partial charge in [-0.3, -0.25) is 0 Å². The number of rotatable bonds is 4. The van der Waals surface area contributed by atoms with Gasteiger partial charge in [-0.15, -0.1) is 0 Å². The third-order valence-corrected chi connectivity index (χ3v) is 3.11. The first-order valence-electron chi connectivity index (χ1n) is 5.56. The summed E-state index contributed by atoms with van der Waals surface area (Å²) in [5.74, 6) is 0.844. The minimum Gasteiger partial charge on any atom is -0.361 e. The SMILES string of the molecule is Cc1cc(CNC(C)c2cccc(Br)c2)no1. The topological polar surface area (TPSA) is 38.1 Å². The fraction of sp³-hybridized carbons (Fsp3) is 0.308. The average molecular weight is 295 g/mol. The molecule has 0 fully saturated rings. The van der Waals surface area contributed by atoms with Crippen LogP contribution in [0.4, 0.5) is 0 Å². The van der Waals surface area contributed by atoms with E-state index >= 15 is 0 Å². The van der Waals surface area contributed by atoms with Crippen molar-refractivity contribution in [1.82, 2.24) is 10.5 Å². The van der Waals surface area contributed by atoms with Crippen molar-refractivity contribution < 1.29 is 4.52 Å². The van der Waals surface area contributed by atoms with Crippen molar-refractivity contribution in [1.29, 1.82) is 0 Å². The van der Waals surface area contributed by atoms with Crippen LogP contribution >= 0.6 is 15.9 Å². The Morgan fingerprint density at radius 3 is 2.88 bits per heavy atom. The quantitative estimate of drug-likeness (QED) is 0.936. The van der Waals surface area contributed by atoms with Crippen LogP contribution in [0.5, 0.6) is 0 Å². The van der Waals surface area contributed by atoms with Crippen molar-refractivity contribution in [3.63, 3.8) is 0 Å². The molecule has 1 unspecified atom stereocenters. The molecule has 1 heterocycles. The number of aryl methyl sites for hydroxylation is 1. The number of nitrogens with zero attached hydrogens (tertiary/aromatic N) is 1. The second-order valence-corrected chi connectivity index (χ2v) is 5.00. The van der Waals surface area contributed by atoms with Crippen molar-refractivity contribution >= 4 is 15.9 Å². The van der Waals surface area contributed by atoms with Crippen molar-refractivity contribution in [2.75, 3.05) is 0 Å². The summed E-state index contributed by atoms with van der Waals surface area (Å²) in [6, 6.07) is 10.5. The maximum Gasteiger partial charge on any atom is 0.133 e. The van der Waals surface area contributed by atoms with E-state index in [4.69, 9.17) is 4.52 Å². The normalized spacial score (nSPS) is 12.6. The predicted octanol–water partition coefficient (Wildman–Crippen LogP) is 3.60. The van der Waals surface area contributed by atoms with E-state index < -0.39 is 0 Å². The molecular formula is C13H15BrN2O. The summed E-state index contributed by atoms with van der Waals surface area (Å²) in [7, 11) is 0. The lowest BCUT2D eigenvalue weighted by atomic mass is 10.1. The molecule has 2 aromatic rings. The largest absolute Gasteiger partial charge is 0.361 e. The summed E-state index contributed by atoms with van der Waals surface area (Å²) in [6.45, 7) is 4.74. The van der Waals surface area contributed by atoms with E-state index in [2.05, 4.69) is 45.5 Å². The Hall–Kier alpha value is -1.13. The van der Waals surface area contributed by atoms with E-state index in [0.717, 1.165) is 15.9 Å². The zero-order chi connectivity index (χ0) is 12.3. The van der Waals surface area contributed by atoms with Crippen LogP contribution in [0.1, 0.15) is 30.0 Å². The summed E-state index contributed by atoms with van der Waals surface area (Å²) in [5, 5.41) is 7.36. The molecule has 0 aliphatic heterocycles. The highest BCUT2D eigenvalue weighted by atomic mass is 79.9. The standard InChI is InChI=1S/C13H15BrN2O/c1-9-6-13(16-17-9)8-15-10(2)11-4-3-5-12(14)7-11/h3-7,10,15H,8H2,1-2H3. The number of nitrogens with one attached hydrogen (secondary N) is 1. The van der Waals surface area contributed by atoms with E-state index in [-0.39, 0.29) is 6.04 Å². The Morgan fingerprint density at radius 1 is 1.41 bits per heavy atom. The molecular weight excluding hydrogens is 280 g/mol. The van der Waals surface area contributed by atoms with Gasteiger partial charge in [-0.1, -0.05) is 33.2 Å². The maximum absolute atomic E-state index is 5.02. The Labute approximate surface area is 109 Å². The van der Waals surface area contributed by atoms with E-state index in [1.807, 2.05) is 25.1 Å². The molecule has 17 heavy (non-hydrogen) atoms. The zero-order valence-electron chi connectivity index (χ0n) is 9.90. The molecule has 1 atom stereocenters. The summed E-state index contributed by atoms with van der Waals surface area (Å²) in [6.07, 6.45) is 0. The molecule has 0 saturated carbocycles. The highest BCUT2D eigenvalue weighted by Crippen LogP contribution is 2.18. The lowest BCUT2D eigenvalue weighted by Gasteiger charge is -2.13. The van der Waals surface area contributed by atoms with Crippen LogP contribution in [-0.2, 0) is 6.54 Å². The molecule has 90 valence electrons. The third-order valence-electron chi connectivity index (χ3n) is 2.61. The fourth-order valence-electron chi connectivity index (χ4n) is 1.65. The smallest absolute Gasteiger partial charge is 0.133 e. The molecule has 0 bridgehead atoms. The highest BCUT2D eigenvalue weighted by Gasteiger charge is 2.06. The van der Waals surface area contributed by atoms with Gasteiger partial charge in [-0.25, -0.2) is 0 Å². The predicted molar refractivity (Wildman–Crippen MR) is 70.6 cm³/mol. The fourth-order valence-corrected chi connectivity index (χ4v) is 2.07. The second kappa shape index (κ2) is 5.47. The lowest BCUT2D eigenvalue weighted by Crippen LogP contribution is -2.18. The number of aromatic nitrogens is 1. The maximum atomic E-state index is 5.02. The minimum atomic E-state index is 0.282. The van der Waals surface area contributed by atoms with E-state index in [9.17, 15) is 0 Å². The molecule has 4 heteroatoms. The monoisotopic (exact) mass is 294 g/mol. The van der Waals surface area contributed by atoms with Crippen LogP contribution in [0.2, 0.25) is 0 Å². The van der Waals surface area contributed by atoms with E-state index in [1.165, 1.54) is 5.56 Å². The van der Waals surface area contributed by atoms with Gasteiger partial charge < -0.3 is 9.84 Å². The van der Waals surface area contributed by atoms with Gasteiger partial charge in [0.2, 0.25) is 0 Å². The van der Waals surface area contributed by atoms with Crippen LogP contribution in [-0.4, -0.2) is 5.16 Å². The highest BCUT2D eigenvalue weighted by molar-refractivity contribution is 9.10. The van der Waals surface area contributed by atoms with Crippen molar-refractivity contribution in [2.45, 2.75) is 26.4 Å². The van der Waals surface area contributed by atoms with Crippen LogP contribution in [0.15, 0.2) is 39.3 Å². The molecule has 0 spiro atoms. The van der Waals surface area contributed by atoms with Gasteiger partial charge in [0.15, 0.2) is 0 Å². The molecule has 0 aliphatic rings. The number of hydrogen-bond donors (Lipinski definition) is 1. The number of hydrogen-bond acceptors (Lipinski definition) is 3. The third kappa shape index (κ3) is 3.41. The molecule has 0 radical (unpaired) electrons. The van der Waals surface area contributed by atoms with Crippen LogP contribution in [0, 0.1) is 6.92 Å². The van der Waals surface area contributed by atoms with Gasteiger partial charge in [0.1, 0.15) is 5.76 Å². The van der Waals surface area contributed by atoms with Crippen LogP contribution in [0.3, 0.4) is 0 Å². The van der Waals surface area contributed by atoms with E-state index in [0.29, 0.717) is 6.54 Å². The van der Waals surface area contributed by atoms with Gasteiger partial charge >= 0.3 is 0 Å². The molecule has 0 aliphatic carbocycles. The average Bonchev–Trinajstić information content (AvgIpc) is 2.72. The molecule has 1 aromatic carbocycles. The molecule has 1 aromatic heterocycles. The lowest BCUT2D eigenvalue weighted by molar-refractivity contribution is 0.386. The first-order valence-corrected chi connectivity index (χ1v) is 6.35. The summed E-state index contributed by atoms with van der Waals surface area (Å²) in [5.41, 5.74) is 2.18. The van der Waals surface area contributed by atoms with E-state index in [1.54, 1.807) is 0 Å². The number of halogens is 1. The second-order valence-electron chi connectivity index (χ2n) is 4.09. The molecule has 3 nitrogen and oxygen atoms in total. The first kappa shape index (κ1) is 12.3. The molecule has 0 saturated heterocycles. The van der Waals surface area contributed by atoms with Gasteiger partial charge in [0.05, 0.1) is 5.69 Å². The Kier molecular flexibility index (Phi) is 3.97. The number of benzene rings is 1. The Bertz CT molecular complexity index is 496. The van der Waals surface area contributed by atoms with Crippen molar-refractivity contribution in [3.8, 4) is 0 Å². The van der Waals surface area contributed by atoms with Gasteiger partial charge in [0, 0.05) is 23.1 Å². The van der Waals surface area contributed by atoms with Gasteiger partial charge in [0.25, 0.3) is 0 Å². The Morgan fingerprint density at radius 2 is 2.24 bits per heavy atom. The zero-order valence-corrected chi connectivity index (χ0v) is 11.5. The minimum absolute atomic E-state index is 0.282. The van der Waals surface area contributed by atoms with Crippen LogP contribution in [0.25, 0.3) is 0 Å². The van der Waals surface area contributed by atoms with Crippen molar-refractivity contribution in [2.24, 2.45) is 0 Å². The van der Waals surface area contributed by atoms with Crippen molar-refractivity contribution in [3.05, 3.63) is 51.8 Å². The Balaban J connectivity index is 1.95. The summed E-state index contributed by atoms with van der Waals surface area (Å²) in [4.78, 5) is 0. The summed E-state index contributed by atoms with van der Waals surface area (Å²) < 4.78 is 6.12. The first-order chi connectivity index (χ1) is 8.15. The van der Waals surface area contributed by atoms with Gasteiger partial charge in [-0.05, 0) is 31.5 Å². The van der Waals surface area contributed by atoms with Gasteiger partial charge in [-0.2, -0.15) is 0 Å². The molecule has 1 N–H and O–H groups in total. The molecule has 2 rings (SSSR count). The van der Waals surface area contributed by atoms with Crippen LogP contribution < -0.4 is 5.32 Å².